The second-order valence-electron chi connectivity index (χ2n) is 5.83. The van der Waals surface area contributed by atoms with Crippen molar-refractivity contribution in [3.05, 3.63) is 48.6 Å². The first-order valence-electron chi connectivity index (χ1n) is 8.76. The van der Waals surface area contributed by atoms with Crippen LogP contribution >= 0.6 is 0 Å². The Bertz CT molecular complexity index is 432. The molecule has 3 heteroatoms. The molecule has 0 amide bonds. The Morgan fingerprint density at radius 1 is 1.04 bits per heavy atom. The first-order valence-corrected chi connectivity index (χ1v) is 8.76. The molecule has 2 unspecified atom stereocenters. The summed E-state index contributed by atoms with van der Waals surface area (Å²) in [4.78, 5) is 10.3. The number of carboxylic acids is 1. The van der Waals surface area contributed by atoms with E-state index < -0.39 is 5.97 Å². The number of aliphatic carboxylic acids is 1. The predicted octanol–water partition coefficient (Wildman–Crippen LogP) is 5.20. The molecule has 0 aliphatic carbocycles. The standard InChI is InChI=1S/C20H30O3/c1-2-3-12-15-18-19(23-18)16-13-10-8-6-4-5-7-9-11-14-17-20(21)22/h4,6-10,13,16,18-19H,2-3,5,11-12,14-15,17H2,1H3,(H,21,22). The number of allylic oxidation sites excluding steroid dienone is 7. The predicted molar refractivity (Wildman–Crippen MR) is 95.5 cm³/mol. The van der Waals surface area contributed by atoms with Gasteiger partial charge in [-0.2, -0.15) is 0 Å². The van der Waals surface area contributed by atoms with E-state index in [1.165, 1.54) is 25.7 Å². The van der Waals surface area contributed by atoms with Gasteiger partial charge >= 0.3 is 5.97 Å². The highest BCUT2D eigenvalue weighted by molar-refractivity contribution is 5.66. The van der Waals surface area contributed by atoms with Crippen molar-refractivity contribution in [1.82, 2.24) is 0 Å². The van der Waals surface area contributed by atoms with Gasteiger partial charge in [0.15, 0.2) is 0 Å². The lowest BCUT2D eigenvalue weighted by molar-refractivity contribution is -0.137. The maximum atomic E-state index is 10.3. The molecule has 1 aliphatic heterocycles. The van der Waals surface area contributed by atoms with Crippen LogP contribution in [-0.4, -0.2) is 23.3 Å². The molecule has 128 valence electrons. The summed E-state index contributed by atoms with van der Waals surface area (Å²) in [7, 11) is 0. The third-order valence-corrected chi connectivity index (χ3v) is 3.68. The molecule has 2 atom stereocenters. The van der Waals surface area contributed by atoms with Crippen molar-refractivity contribution in [2.24, 2.45) is 0 Å². The lowest BCUT2D eigenvalue weighted by atomic mass is 10.1. The van der Waals surface area contributed by atoms with Gasteiger partial charge in [-0.3, -0.25) is 4.79 Å². The van der Waals surface area contributed by atoms with Crippen LogP contribution < -0.4 is 0 Å². The minimum atomic E-state index is -0.722. The van der Waals surface area contributed by atoms with Gasteiger partial charge in [-0.05, 0) is 25.7 Å². The van der Waals surface area contributed by atoms with Crippen LogP contribution in [0.1, 0.15) is 58.3 Å². The molecule has 0 aromatic heterocycles. The van der Waals surface area contributed by atoms with Gasteiger partial charge in [0.1, 0.15) is 6.10 Å². The Hall–Kier alpha value is -1.61. The van der Waals surface area contributed by atoms with Crippen LogP contribution in [0.5, 0.6) is 0 Å². The fraction of sp³-hybridized carbons (Fsp3) is 0.550. The van der Waals surface area contributed by atoms with Crippen LogP contribution in [0, 0.1) is 0 Å². The van der Waals surface area contributed by atoms with Crippen molar-refractivity contribution in [2.45, 2.75) is 70.5 Å². The summed E-state index contributed by atoms with van der Waals surface area (Å²) < 4.78 is 5.59. The molecular formula is C20H30O3. The summed E-state index contributed by atoms with van der Waals surface area (Å²) in [6, 6.07) is 0. The third kappa shape index (κ3) is 11.6. The van der Waals surface area contributed by atoms with Crippen LogP contribution in [0.3, 0.4) is 0 Å². The van der Waals surface area contributed by atoms with Crippen LogP contribution in [0.25, 0.3) is 0 Å². The minimum Gasteiger partial charge on any atom is -0.481 e. The van der Waals surface area contributed by atoms with Crippen molar-refractivity contribution in [3.63, 3.8) is 0 Å². The van der Waals surface area contributed by atoms with E-state index in [1.807, 2.05) is 24.3 Å². The molecule has 0 aromatic carbocycles. The van der Waals surface area contributed by atoms with E-state index in [4.69, 9.17) is 9.84 Å². The van der Waals surface area contributed by atoms with Crippen molar-refractivity contribution in [1.29, 1.82) is 0 Å². The zero-order valence-corrected chi connectivity index (χ0v) is 14.2. The SMILES string of the molecule is CCCCCC1OC1C=CC=CC=CCC=CCCCC(=O)O. The molecule has 0 aromatic rings. The van der Waals surface area contributed by atoms with Gasteiger partial charge in [0.25, 0.3) is 0 Å². The van der Waals surface area contributed by atoms with Gasteiger partial charge in [0.05, 0.1) is 6.10 Å². The van der Waals surface area contributed by atoms with Crippen molar-refractivity contribution < 1.29 is 14.6 Å². The Labute approximate surface area is 140 Å². The number of carboxylic acid groups (broad SMARTS) is 1. The van der Waals surface area contributed by atoms with E-state index in [0.29, 0.717) is 18.6 Å². The number of unbranched alkanes of at least 4 members (excludes halogenated alkanes) is 3. The second kappa shape index (κ2) is 12.9. The van der Waals surface area contributed by atoms with Gasteiger partial charge in [-0.15, -0.1) is 0 Å². The smallest absolute Gasteiger partial charge is 0.303 e. The van der Waals surface area contributed by atoms with E-state index in [2.05, 4.69) is 31.2 Å². The Balaban J connectivity index is 1.98. The largest absolute Gasteiger partial charge is 0.481 e. The highest BCUT2D eigenvalue weighted by atomic mass is 16.6. The lowest BCUT2D eigenvalue weighted by Gasteiger charge is -1.92. The zero-order chi connectivity index (χ0) is 16.8. The van der Waals surface area contributed by atoms with Gasteiger partial charge in [0.2, 0.25) is 0 Å². The minimum absolute atomic E-state index is 0.249. The monoisotopic (exact) mass is 318 g/mol. The number of carbonyl (C=O) groups is 1. The van der Waals surface area contributed by atoms with Crippen LogP contribution in [0.2, 0.25) is 0 Å². The summed E-state index contributed by atoms with van der Waals surface area (Å²) in [6.07, 6.45) is 24.9. The topological polar surface area (TPSA) is 49.8 Å². The summed E-state index contributed by atoms with van der Waals surface area (Å²) in [5.74, 6) is -0.722. The maximum absolute atomic E-state index is 10.3. The second-order valence-corrected chi connectivity index (χ2v) is 5.83. The molecule has 0 bridgehead atoms. The number of ether oxygens (including phenoxy) is 1. The fourth-order valence-electron chi connectivity index (χ4n) is 2.28. The van der Waals surface area contributed by atoms with E-state index in [9.17, 15) is 4.79 Å². The average Bonchev–Trinajstić information content (AvgIpc) is 3.27. The molecule has 0 spiro atoms. The molecule has 23 heavy (non-hydrogen) atoms. The van der Waals surface area contributed by atoms with E-state index in [-0.39, 0.29) is 6.42 Å². The van der Waals surface area contributed by atoms with Gasteiger partial charge in [-0.1, -0.05) is 74.8 Å². The third-order valence-electron chi connectivity index (χ3n) is 3.68. The molecule has 3 nitrogen and oxygen atoms in total. The highest BCUT2D eigenvalue weighted by Crippen LogP contribution is 2.28. The number of hydrogen-bond acceptors (Lipinski definition) is 2. The summed E-state index contributed by atoms with van der Waals surface area (Å²) in [5, 5.41) is 8.50. The Morgan fingerprint density at radius 3 is 2.65 bits per heavy atom. The molecule has 1 rings (SSSR count). The summed E-state index contributed by atoms with van der Waals surface area (Å²) >= 11 is 0. The number of rotatable bonds is 13. The van der Waals surface area contributed by atoms with Crippen LogP contribution in [0.15, 0.2) is 48.6 Å². The zero-order valence-electron chi connectivity index (χ0n) is 14.2. The summed E-state index contributed by atoms with van der Waals surface area (Å²) in [6.45, 7) is 2.22. The van der Waals surface area contributed by atoms with Gasteiger partial charge < -0.3 is 9.84 Å². The molecule has 1 fully saturated rings. The highest BCUT2D eigenvalue weighted by Gasteiger charge is 2.35. The molecule has 1 aliphatic rings. The van der Waals surface area contributed by atoms with E-state index in [1.54, 1.807) is 0 Å². The first kappa shape index (κ1) is 19.4. The first-order chi connectivity index (χ1) is 11.2. The van der Waals surface area contributed by atoms with Crippen molar-refractivity contribution in [3.8, 4) is 0 Å². The van der Waals surface area contributed by atoms with Gasteiger partial charge in [-0.25, -0.2) is 0 Å². The quantitative estimate of drug-likeness (QED) is 0.220. The molecule has 1 saturated heterocycles. The fourth-order valence-corrected chi connectivity index (χ4v) is 2.28. The van der Waals surface area contributed by atoms with Crippen molar-refractivity contribution in [2.75, 3.05) is 0 Å². The van der Waals surface area contributed by atoms with E-state index in [0.717, 1.165) is 12.8 Å². The number of hydrogen-bond donors (Lipinski definition) is 1. The Morgan fingerprint density at radius 2 is 1.87 bits per heavy atom. The number of epoxide rings is 1. The average molecular weight is 318 g/mol. The molecule has 0 saturated carbocycles. The van der Waals surface area contributed by atoms with Crippen LogP contribution in [0.4, 0.5) is 0 Å². The molecular weight excluding hydrogens is 288 g/mol. The van der Waals surface area contributed by atoms with Gasteiger partial charge in [0, 0.05) is 6.42 Å². The van der Waals surface area contributed by atoms with Crippen LogP contribution in [-0.2, 0) is 9.53 Å². The molecule has 0 radical (unpaired) electrons. The lowest BCUT2D eigenvalue weighted by Crippen LogP contribution is -1.92. The van der Waals surface area contributed by atoms with Crippen molar-refractivity contribution >= 4 is 5.97 Å². The van der Waals surface area contributed by atoms with E-state index >= 15 is 0 Å². The summed E-state index contributed by atoms with van der Waals surface area (Å²) in [5.41, 5.74) is 0. The Kier molecular flexibility index (Phi) is 10.9. The normalized spacial score (nSPS) is 21.3. The molecule has 1 N–H and O–H groups in total. The molecule has 1 heterocycles. The maximum Gasteiger partial charge on any atom is 0.303 e.